The Morgan fingerprint density at radius 3 is 1.55 bits per heavy atom. The number of hydrogen-bond donors (Lipinski definition) is 0. The largest absolute Gasteiger partial charge is 0.454 e. The Morgan fingerprint density at radius 2 is 0.804 bits per heavy atom. The Balaban J connectivity index is 1.06. The van der Waals surface area contributed by atoms with E-state index in [-0.39, 0.29) is 0 Å². The minimum Gasteiger partial charge on any atom is -0.454 e. The lowest BCUT2D eigenvalue weighted by Gasteiger charge is -2.26. The molecule has 1 heterocycles. The molecule has 0 atom stereocenters. The number of benzene rings is 10. The summed E-state index contributed by atoms with van der Waals surface area (Å²) in [6, 6.07) is 76.3. The second-order valence-corrected chi connectivity index (χ2v) is 14.4. The van der Waals surface area contributed by atoms with Crippen LogP contribution < -0.4 is 4.90 Å². The second kappa shape index (κ2) is 13.2. The third-order valence-electron chi connectivity index (χ3n) is 11.3. The zero-order valence-corrected chi connectivity index (χ0v) is 30.6. The molecule has 0 fully saturated rings. The number of anilines is 3. The molecular formula is C54H35NO. The van der Waals surface area contributed by atoms with Crippen molar-refractivity contribution in [1.82, 2.24) is 0 Å². The van der Waals surface area contributed by atoms with Crippen LogP contribution in [0.25, 0.3) is 87.6 Å². The lowest BCUT2D eigenvalue weighted by Crippen LogP contribution is -2.10. The van der Waals surface area contributed by atoms with Crippen LogP contribution in [0.15, 0.2) is 217 Å². The van der Waals surface area contributed by atoms with E-state index in [0.29, 0.717) is 0 Å². The first-order chi connectivity index (χ1) is 27.8. The van der Waals surface area contributed by atoms with Gasteiger partial charge in [-0.25, -0.2) is 0 Å². The van der Waals surface area contributed by atoms with E-state index in [4.69, 9.17) is 4.42 Å². The van der Waals surface area contributed by atoms with E-state index in [1.807, 2.05) is 0 Å². The molecule has 10 aromatic carbocycles. The van der Waals surface area contributed by atoms with Crippen molar-refractivity contribution in [2.24, 2.45) is 0 Å². The Morgan fingerprint density at radius 1 is 0.304 bits per heavy atom. The van der Waals surface area contributed by atoms with Crippen LogP contribution in [0.3, 0.4) is 0 Å². The Bertz CT molecular complexity index is 3230. The molecule has 262 valence electrons. The fourth-order valence-electron chi connectivity index (χ4n) is 8.64. The van der Waals surface area contributed by atoms with Crippen molar-refractivity contribution in [1.29, 1.82) is 0 Å². The number of hydrogen-bond acceptors (Lipinski definition) is 2. The molecule has 0 saturated carbocycles. The van der Waals surface area contributed by atoms with Gasteiger partial charge in [-0.2, -0.15) is 0 Å². The van der Waals surface area contributed by atoms with E-state index in [1.165, 1.54) is 65.7 Å². The van der Waals surface area contributed by atoms with Crippen LogP contribution in [0.1, 0.15) is 0 Å². The Kier molecular flexibility index (Phi) is 7.53. The lowest BCUT2D eigenvalue weighted by atomic mass is 9.91. The highest BCUT2D eigenvalue weighted by atomic mass is 16.3. The molecule has 2 nitrogen and oxygen atoms in total. The summed E-state index contributed by atoms with van der Waals surface area (Å²) in [5, 5.41) is 9.65. The Labute approximate surface area is 325 Å². The fourth-order valence-corrected chi connectivity index (χ4v) is 8.64. The molecule has 0 saturated heterocycles. The molecule has 56 heavy (non-hydrogen) atoms. The van der Waals surface area contributed by atoms with Crippen molar-refractivity contribution in [3.05, 3.63) is 212 Å². The molecule has 11 aromatic rings. The molecule has 0 unspecified atom stereocenters. The molecule has 2 heteroatoms. The first-order valence-corrected chi connectivity index (χ1v) is 19.2. The minimum atomic E-state index is 0.866. The van der Waals surface area contributed by atoms with E-state index in [1.54, 1.807) is 0 Å². The van der Waals surface area contributed by atoms with E-state index >= 15 is 0 Å². The molecular weight excluding hydrogens is 679 g/mol. The third kappa shape index (κ3) is 5.26. The monoisotopic (exact) mass is 713 g/mol. The normalized spacial score (nSPS) is 11.6. The standard InChI is InChI=1S/C54H35NO/c1-2-12-36(13-3-1)37-26-31-41(32-27-37)55(51-25-11-24-50-53-45-18-7-5-15-39(45)30-35-52(53)56-54(50)51)42-33-28-40(29-34-42)44-19-9-22-48-47(44)21-10-23-49(48)46-20-8-16-38-14-4-6-17-43(38)46/h1-35H. The van der Waals surface area contributed by atoms with Gasteiger partial charge in [-0.15, -0.1) is 0 Å². The maximum absolute atomic E-state index is 6.78. The van der Waals surface area contributed by atoms with Gasteiger partial charge in [0.1, 0.15) is 5.58 Å². The van der Waals surface area contributed by atoms with E-state index < -0.39 is 0 Å². The van der Waals surface area contributed by atoms with Crippen molar-refractivity contribution in [3.8, 4) is 33.4 Å². The molecule has 0 amide bonds. The smallest absolute Gasteiger partial charge is 0.159 e. The van der Waals surface area contributed by atoms with Crippen LogP contribution >= 0.6 is 0 Å². The summed E-state index contributed by atoms with van der Waals surface area (Å²) < 4.78 is 6.78. The molecule has 1 aromatic heterocycles. The predicted molar refractivity (Wildman–Crippen MR) is 237 cm³/mol. The van der Waals surface area contributed by atoms with Crippen LogP contribution in [0, 0.1) is 0 Å². The summed E-state index contributed by atoms with van der Waals surface area (Å²) >= 11 is 0. The SMILES string of the molecule is c1ccc(-c2ccc(N(c3ccc(-c4cccc5c(-c6cccc7ccccc67)cccc45)cc3)c3cccc4c3oc3ccc5ccccc5c34)cc2)cc1. The maximum atomic E-state index is 6.78. The minimum absolute atomic E-state index is 0.866. The highest BCUT2D eigenvalue weighted by Gasteiger charge is 2.21. The summed E-state index contributed by atoms with van der Waals surface area (Å²) in [7, 11) is 0. The second-order valence-electron chi connectivity index (χ2n) is 14.4. The highest BCUT2D eigenvalue weighted by Crippen LogP contribution is 2.45. The first-order valence-electron chi connectivity index (χ1n) is 19.2. The number of rotatable bonds is 6. The average molecular weight is 714 g/mol. The summed E-state index contributed by atoms with van der Waals surface area (Å²) in [5.74, 6) is 0. The summed E-state index contributed by atoms with van der Waals surface area (Å²) in [6.07, 6.45) is 0. The number of para-hydroxylation sites is 1. The van der Waals surface area contributed by atoms with E-state index in [2.05, 4.69) is 217 Å². The molecule has 0 aliphatic rings. The number of nitrogens with zero attached hydrogens (tertiary/aromatic N) is 1. The fraction of sp³-hybridized carbons (Fsp3) is 0. The van der Waals surface area contributed by atoms with Gasteiger partial charge < -0.3 is 9.32 Å². The molecule has 11 rings (SSSR count). The van der Waals surface area contributed by atoms with Crippen LogP contribution in [-0.2, 0) is 0 Å². The number of furan rings is 1. The lowest BCUT2D eigenvalue weighted by molar-refractivity contribution is 0.669. The van der Waals surface area contributed by atoms with Crippen LogP contribution in [0.2, 0.25) is 0 Å². The molecule has 0 aliphatic heterocycles. The van der Waals surface area contributed by atoms with Crippen molar-refractivity contribution >= 4 is 71.3 Å². The van der Waals surface area contributed by atoms with Crippen molar-refractivity contribution < 1.29 is 4.42 Å². The number of fused-ring (bicyclic) bond motifs is 7. The van der Waals surface area contributed by atoms with Crippen LogP contribution in [0.5, 0.6) is 0 Å². The molecule has 0 N–H and O–H groups in total. The van der Waals surface area contributed by atoms with Gasteiger partial charge in [-0.1, -0.05) is 176 Å². The Hall–Kier alpha value is -7.42. The summed E-state index contributed by atoms with van der Waals surface area (Å²) in [4.78, 5) is 2.33. The van der Waals surface area contributed by atoms with Gasteiger partial charge in [-0.05, 0) is 102 Å². The summed E-state index contributed by atoms with van der Waals surface area (Å²) in [5.41, 5.74) is 12.1. The van der Waals surface area contributed by atoms with Gasteiger partial charge in [0, 0.05) is 22.1 Å². The zero-order valence-electron chi connectivity index (χ0n) is 30.6. The van der Waals surface area contributed by atoms with Gasteiger partial charge >= 0.3 is 0 Å². The molecule has 0 radical (unpaired) electrons. The third-order valence-corrected chi connectivity index (χ3v) is 11.3. The first kappa shape index (κ1) is 32.0. The van der Waals surface area contributed by atoms with Gasteiger partial charge in [0.15, 0.2) is 5.58 Å². The topological polar surface area (TPSA) is 16.4 Å². The average Bonchev–Trinajstić information content (AvgIpc) is 3.67. The van der Waals surface area contributed by atoms with Crippen molar-refractivity contribution in [2.75, 3.05) is 4.90 Å². The van der Waals surface area contributed by atoms with Gasteiger partial charge in [-0.3, -0.25) is 0 Å². The van der Waals surface area contributed by atoms with Crippen LogP contribution in [-0.4, -0.2) is 0 Å². The maximum Gasteiger partial charge on any atom is 0.159 e. The zero-order chi connectivity index (χ0) is 37.0. The van der Waals surface area contributed by atoms with Gasteiger partial charge in [0.05, 0.1) is 5.69 Å². The molecule has 0 spiro atoms. The van der Waals surface area contributed by atoms with Gasteiger partial charge in [0.25, 0.3) is 0 Å². The molecule has 0 aliphatic carbocycles. The highest BCUT2D eigenvalue weighted by molar-refractivity contribution is 6.21. The van der Waals surface area contributed by atoms with Crippen molar-refractivity contribution in [3.63, 3.8) is 0 Å². The van der Waals surface area contributed by atoms with Gasteiger partial charge in [0.2, 0.25) is 0 Å². The predicted octanol–water partition coefficient (Wildman–Crippen LogP) is 15.5. The van der Waals surface area contributed by atoms with Crippen molar-refractivity contribution in [2.45, 2.75) is 0 Å². The quantitative estimate of drug-likeness (QED) is 0.171. The van der Waals surface area contributed by atoms with E-state index in [0.717, 1.165) is 39.0 Å². The molecule has 0 bridgehead atoms. The van der Waals surface area contributed by atoms with Crippen LogP contribution in [0.4, 0.5) is 17.1 Å². The van der Waals surface area contributed by atoms with E-state index in [9.17, 15) is 0 Å². The summed E-state index contributed by atoms with van der Waals surface area (Å²) in [6.45, 7) is 0.